The predicted octanol–water partition coefficient (Wildman–Crippen LogP) is 7.20. The highest BCUT2D eigenvalue weighted by atomic mass is 16.5. The number of hydrogen-bond donors (Lipinski definition) is 1. The Hall–Kier alpha value is -3.18. The SMILES string of the molecule is COc1ccc(C2CCc3cc(O)ccc3C2)c(N(Cc2ccc(OCCN3CCC(C)CC3)cc2)C(C)C)c1. The molecule has 1 heterocycles. The van der Waals surface area contributed by atoms with Crippen molar-refractivity contribution in [1.29, 1.82) is 0 Å². The summed E-state index contributed by atoms with van der Waals surface area (Å²) in [5, 5.41) is 9.94. The first-order valence-corrected chi connectivity index (χ1v) is 15.1. The molecule has 1 aliphatic carbocycles. The molecular weight excluding hydrogens is 496 g/mol. The minimum absolute atomic E-state index is 0.321. The van der Waals surface area contributed by atoms with Crippen LogP contribution in [0.3, 0.4) is 0 Å². The number of phenolic OH excluding ortho intramolecular Hbond substituents is 1. The Morgan fingerprint density at radius 3 is 2.40 bits per heavy atom. The van der Waals surface area contributed by atoms with Crippen LogP contribution >= 0.6 is 0 Å². The molecule has 0 radical (unpaired) electrons. The lowest BCUT2D eigenvalue weighted by Gasteiger charge is -2.35. The van der Waals surface area contributed by atoms with Crippen LogP contribution in [0.1, 0.15) is 68.2 Å². The van der Waals surface area contributed by atoms with Gasteiger partial charge in [0, 0.05) is 30.9 Å². The van der Waals surface area contributed by atoms with Gasteiger partial charge >= 0.3 is 0 Å². The lowest BCUT2D eigenvalue weighted by atomic mass is 9.79. The van der Waals surface area contributed by atoms with E-state index < -0.39 is 0 Å². The number of aryl methyl sites for hydroxylation is 1. The fraction of sp³-hybridized carbons (Fsp3) is 0.486. The third kappa shape index (κ3) is 6.93. The van der Waals surface area contributed by atoms with E-state index >= 15 is 0 Å². The molecule has 1 aliphatic heterocycles. The highest BCUT2D eigenvalue weighted by Gasteiger charge is 2.26. The molecule has 1 saturated heterocycles. The van der Waals surface area contributed by atoms with E-state index in [4.69, 9.17) is 9.47 Å². The third-order valence-electron chi connectivity index (χ3n) is 8.86. The molecule has 0 amide bonds. The van der Waals surface area contributed by atoms with Crippen molar-refractivity contribution >= 4 is 5.69 Å². The second-order valence-electron chi connectivity index (χ2n) is 12.1. The Bertz CT molecular complexity index is 1250. The van der Waals surface area contributed by atoms with Gasteiger partial charge in [0.2, 0.25) is 0 Å². The molecule has 214 valence electrons. The van der Waals surface area contributed by atoms with Gasteiger partial charge in [0.25, 0.3) is 0 Å². The molecule has 0 aromatic heterocycles. The van der Waals surface area contributed by atoms with E-state index in [2.05, 4.69) is 79.1 Å². The molecule has 1 unspecified atom stereocenters. The Morgan fingerprint density at radius 1 is 0.925 bits per heavy atom. The van der Waals surface area contributed by atoms with E-state index in [-0.39, 0.29) is 0 Å². The van der Waals surface area contributed by atoms with E-state index in [1.165, 1.54) is 53.9 Å². The van der Waals surface area contributed by atoms with Crippen LogP contribution in [-0.2, 0) is 19.4 Å². The summed E-state index contributed by atoms with van der Waals surface area (Å²) >= 11 is 0. The summed E-state index contributed by atoms with van der Waals surface area (Å²) in [4.78, 5) is 5.02. The Labute approximate surface area is 240 Å². The normalized spacial score (nSPS) is 18.0. The number of ether oxygens (including phenoxy) is 2. The van der Waals surface area contributed by atoms with Crippen molar-refractivity contribution in [3.05, 3.63) is 82.9 Å². The minimum atomic E-state index is 0.321. The lowest BCUT2D eigenvalue weighted by Crippen LogP contribution is -2.35. The fourth-order valence-electron chi connectivity index (χ4n) is 6.26. The first kappa shape index (κ1) is 28.4. The average Bonchev–Trinajstić information content (AvgIpc) is 2.97. The summed E-state index contributed by atoms with van der Waals surface area (Å²) in [6.45, 7) is 11.8. The highest BCUT2D eigenvalue weighted by molar-refractivity contribution is 5.60. The zero-order chi connectivity index (χ0) is 28.1. The zero-order valence-corrected chi connectivity index (χ0v) is 24.7. The Morgan fingerprint density at radius 2 is 1.68 bits per heavy atom. The van der Waals surface area contributed by atoms with Crippen molar-refractivity contribution in [1.82, 2.24) is 4.90 Å². The van der Waals surface area contributed by atoms with Crippen LogP contribution in [0.15, 0.2) is 60.7 Å². The molecular formula is C35H46N2O3. The summed E-state index contributed by atoms with van der Waals surface area (Å²) in [7, 11) is 1.74. The smallest absolute Gasteiger partial charge is 0.120 e. The second-order valence-corrected chi connectivity index (χ2v) is 12.1. The van der Waals surface area contributed by atoms with E-state index in [0.29, 0.717) is 17.7 Å². The first-order valence-electron chi connectivity index (χ1n) is 15.1. The summed E-state index contributed by atoms with van der Waals surface area (Å²) < 4.78 is 11.8. The largest absolute Gasteiger partial charge is 0.508 e. The predicted molar refractivity (Wildman–Crippen MR) is 164 cm³/mol. The molecule has 2 aliphatic rings. The number of anilines is 1. The van der Waals surface area contributed by atoms with Crippen LogP contribution in [-0.4, -0.2) is 49.4 Å². The van der Waals surface area contributed by atoms with Gasteiger partial charge in [0.05, 0.1) is 7.11 Å². The number of aromatic hydroxyl groups is 1. The number of methoxy groups -OCH3 is 1. The maximum Gasteiger partial charge on any atom is 0.120 e. The lowest BCUT2D eigenvalue weighted by molar-refractivity contribution is 0.160. The van der Waals surface area contributed by atoms with Crippen LogP contribution in [0.2, 0.25) is 0 Å². The maximum atomic E-state index is 9.94. The molecule has 5 rings (SSSR count). The maximum absolute atomic E-state index is 9.94. The molecule has 1 N–H and O–H groups in total. The van der Waals surface area contributed by atoms with Crippen LogP contribution in [0, 0.1) is 5.92 Å². The number of phenols is 1. The van der Waals surface area contributed by atoms with Gasteiger partial charge in [0.15, 0.2) is 0 Å². The third-order valence-corrected chi connectivity index (χ3v) is 8.86. The Kier molecular flexibility index (Phi) is 9.21. The van der Waals surface area contributed by atoms with Crippen LogP contribution in [0.4, 0.5) is 5.69 Å². The van der Waals surface area contributed by atoms with Crippen LogP contribution < -0.4 is 14.4 Å². The molecule has 5 nitrogen and oxygen atoms in total. The topological polar surface area (TPSA) is 45.2 Å². The monoisotopic (exact) mass is 542 g/mol. The van der Waals surface area contributed by atoms with Crippen molar-refractivity contribution in [2.45, 2.75) is 71.4 Å². The van der Waals surface area contributed by atoms with Crippen LogP contribution in [0.5, 0.6) is 17.2 Å². The minimum Gasteiger partial charge on any atom is -0.508 e. The molecule has 1 fully saturated rings. The average molecular weight is 543 g/mol. The van der Waals surface area contributed by atoms with E-state index in [1.54, 1.807) is 7.11 Å². The zero-order valence-electron chi connectivity index (χ0n) is 24.7. The molecule has 5 heteroatoms. The number of hydrogen-bond acceptors (Lipinski definition) is 5. The number of piperidine rings is 1. The van der Waals surface area contributed by atoms with Gasteiger partial charge in [-0.3, -0.25) is 4.90 Å². The van der Waals surface area contributed by atoms with Crippen molar-refractivity contribution in [3.63, 3.8) is 0 Å². The summed E-state index contributed by atoms with van der Waals surface area (Å²) in [5.41, 5.74) is 6.51. The van der Waals surface area contributed by atoms with E-state index in [9.17, 15) is 5.11 Å². The number of rotatable bonds is 10. The quantitative estimate of drug-likeness (QED) is 0.294. The molecule has 0 bridgehead atoms. The summed E-state index contributed by atoms with van der Waals surface area (Å²) in [6.07, 6.45) is 5.65. The molecule has 0 spiro atoms. The standard InChI is InChI=1S/C35H46N2O3/c1-25(2)37(24-27-5-11-32(12-6-27)40-20-19-36-17-15-26(3)16-18-36)35-23-33(39-4)13-14-34(35)30-8-7-29-22-31(38)10-9-28(29)21-30/h5-6,9-14,22-23,25-26,30,38H,7-8,15-21,24H2,1-4H3. The molecule has 3 aromatic rings. The van der Waals surface area contributed by atoms with Gasteiger partial charge in [-0.05, 0) is 123 Å². The van der Waals surface area contributed by atoms with Gasteiger partial charge in [-0.1, -0.05) is 31.2 Å². The van der Waals surface area contributed by atoms with Crippen LogP contribution in [0.25, 0.3) is 0 Å². The summed E-state index contributed by atoms with van der Waals surface area (Å²) in [6, 6.07) is 21.4. The molecule has 3 aromatic carbocycles. The first-order chi connectivity index (χ1) is 19.4. The molecule has 0 saturated carbocycles. The highest BCUT2D eigenvalue weighted by Crippen LogP contribution is 2.40. The second kappa shape index (κ2) is 13.0. The van der Waals surface area contributed by atoms with Gasteiger partial charge in [-0.25, -0.2) is 0 Å². The molecule has 40 heavy (non-hydrogen) atoms. The van der Waals surface area contributed by atoms with E-state index in [1.807, 2.05) is 12.1 Å². The van der Waals surface area contributed by atoms with Crippen molar-refractivity contribution in [3.8, 4) is 17.2 Å². The number of fused-ring (bicyclic) bond motifs is 1. The fourth-order valence-corrected chi connectivity index (χ4v) is 6.26. The van der Waals surface area contributed by atoms with Crippen molar-refractivity contribution in [2.75, 3.05) is 38.3 Å². The van der Waals surface area contributed by atoms with Crippen molar-refractivity contribution < 1.29 is 14.6 Å². The molecule has 1 atom stereocenters. The van der Waals surface area contributed by atoms with Gasteiger partial charge in [0.1, 0.15) is 23.9 Å². The van der Waals surface area contributed by atoms with Gasteiger partial charge in [-0.15, -0.1) is 0 Å². The van der Waals surface area contributed by atoms with Gasteiger partial charge < -0.3 is 19.5 Å². The van der Waals surface area contributed by atoms with Crippen molar-refractivity contribution in [2.24, 2.45) is 5.92 Å². The number of benzene rings is 3. The van der Waals surface area contributed by atoms with Gasteiger partial charge in [-0.2, -0.15) is 0 Å². The number of nitrogens with zero attached hydrogens (tertiary/aromatic N) is 2. The number of likely N-dealkylation sites (tertiary alicyclic amines) is 1. The summed E-state index contributed by atoms with van der Waals surface area (Å²) in [5.74, 6) is 3.48. The Balaban J connectivity index is 1.28. The van der Waals surface area contributed by atoms with E-state index in [0.717, 1.165) is 56.4 Å².